The van der Waals surface area contributed by atoms with E-state index in [0.29, 0.717) is 24.3 Å². The van der Waals surface area contributed by atoms with E-state index in [1.54, 1.807) is 0 Å². The Bertz CT molecular complexity index is 539. The molecule has 6 atom stereocenters. The third kappa shape index (κ3) is 3.82. The molecule has 2 rings (SSSR count). The third-order valence-electron chi connectivity index (χ3n) is 5.95. The molecule has 1 aliphatic heterocycles. The molecular formula is C21H32N2O. The first-order chi connectivity index (χ1) is 11.5. The lowest BCUT2D eigenvalue weighted by Crippen LogP contribution is -2.59. The van der Waals surface area contributed by atoms with E-state index in [2.05, 4.69) is 63.1 Å². The molecule has 1 aliphatic rings. The van der Waals surface area contributed by atoms with Crippen molar-refractivity contribution in [3.8, 4) is 6.07 Å². The fraction of sp³-hybridized carbons (Fsp3) is 0.667. The first-order valence-electron chi connectivity index (χ1n) is 9.34. The van der Waals surface area contributed by atoms with Gasteiger partial charge in [-0.1, -0.05) is 57.0 Å². The number of nitriles is 1. The number of piperidine rings is 1. The molecule has 1 heterocycles. The van der Waals surface area contributed by atoms with Crippen LogP contribution in [0.3, 0.4) is 0 Å². The Morgan fingerprint density at radius 3 is 2.54 bits per heavy atom. The normalized spacial score (nSPS) is 32.2. The van der Waals surface area contributed by atoms with Crippen LogP contribution in [0.4, 0.5) is 0 Å². The number of benzene rings is 1. The van der Waals surface area contributed by atoms with Gasteiger partial charge < -0.3 is 5.11 Å². The summed E-state index contributed by atoms with van der Waals surface area (Å²) in [5.74, 6) is 0.838. The predicted octanol–water partition coefficient (Wildman–Crippen LogP) is 4.19. The SMILES string of the molecule is CCCCC1C([C@@H](C)CC#N)N(C)C(C)C(O)[C@H]1c1ccccc1. The quantitative estimate of drug-likeness (QED) is 0.852. The Hall–Kier alpha value is -1.37. The summed E-state index contributed by atoms with van der Waals surface area (Å²) in [6, 6.07) is 13.2. The number of unbranched alkanes of at least 4 members (excludes halogenated alkanes) is 1. The molecule has 132 valence electrons. The first kappa shape index (κ1) is 19.0. The highest BCUT2D eigenvalue weighted by atomic mass is 16.3. The largest absolute Gasteiger partial charge is 0.391 e. The van der Waals surface area contributed by atoms with E-state index in [1.807, 2.05) is 6.07 Å². The molecule has 0 bridgehead atoms. The van der Waals surface area contributed by atoms with Crippen molar-refractivity contribution in [3.63, 3.8) is 0 Å². The lowest BCUT2D eigenvalue weighted by Gasteiger charge is -2.52. The fourth-order valence-corrected chi connectivity index (χ4v) is 4.58. The Morgan fingerprint density at radius 2 is 1.96 bits per heavy atom. The molecule has 24 heavy (non-hydrogen) atoms. The van der Waals surface area contributed by atoms with Crippen LogP contribution in [-0.4, -0.2) is 35.2 Å². The molecule has 0 aromatic heterocycles. The van der Waals surface area contributed by atoms with Gasteiger partial charge in [0.2, 0.25) is 0 Å². The zero-order valence-corrected chi connectivity index (χ0v) is 15.5. The maximum Gasteiger partial charge on any atom is 0.0764 e. The topological polar surface area (TPSA) is 47.3 Å². The number of hydrogen-bond donors (Lipinski definition) is 1. The van der Waals surface area contributed by atoms with Gasteiger partial charge in [0, 0.05) is 24.4 Å². The van der Waals surface area contributed by atoms with Crippen molar-refractivity contribution in [2.75, 3.05) is 7.05 Å². The molecule has 0 saturated carbocycles. The molecule has 1 fully saturated rings. The van der Waals surface area contributed by atoms with Gasteiger partial charge >= 0.3 is 0 Å². The molecule has 1 aromatic carbocycles. The monoisotopic (exact) mass is 328 g/mol. The fourth-order valence-electron chi connectivity index (χ4n) is 4.58. The molecule has 0 radical (unpaired) electrons. The molecule has 3 heteroatoms. The van der Waals surface area contributed by atoms with Crippen molar-refractivity contribution in [3.05, 3.63) is 35.9 Å². The Labute approximate surface area is 147 Å². The lowest BCUT2D eigenvalue weighted by molar-refractivity contribution is -0.0676. The van der Waals surface area contributed by atoms with Crippen LogP contribution < -0.4 is 0 Å². The van der Waals surface area contributed by atoms with Crippen molar-refractivity contribution in [2.45, 2.75) is 70.6 Å². The molecular weight excluding hydrogens is 296 g/mol. The second-order valence-corrected chi connectivity index (χ2v) is 7.47. The number of aliphatic hydroxyl groups is 1. The van der Waals surface area contributed by atoms with Crippen LogP contribution in [-0.2, 0) is 0 Å². The number of likely N-dealkylation sites (N-methyl/N-ethyl adjacent to an activating group) is 1. The van der Waals surface area contributed by atoms with E-state index in [1.165, 1.54) is 12.0 Å². The summed E-state index contributed by atoms with van der Waals surface area (Å²) in [4.78, 5) is 2.33. The molecule has 3 nitrogen and oxygen atoms in total. The van der Waals surface area contributed by atoms with E-state index in [-0.39, 0.29) is 18.1 Å². The summed E-state index contributed by atoms with van der Waals surface area (Å²) in [7, 11) is 2.12. The van der Waals surface area contributed by atoms with Gasteiger partial charge in [-0.3, -0.25) is 4.90 Å². The van der Waals surface area contributed by atoms with E-state index in [4.69, 9.17) is 0 Å². The third-order valence-corrected chi connectivity index (χ3v) is 5.95. The smallest absolute Gasteiger partial charge is 0.0764 e. The van der Waals surface area contributed by atoms with Crippen molar-refractivity contribution >= 4 is 0 Å². The average Bonchev–Trinajstić information content (AvgIpc) is 2.59. The van der Waals surface area contributed by atoms with Gasteiger partial charge in [-0.15, -0.1) is 0 Å². The standard InChI is InChI=1S/C21H32N2O/c1-5-6-12-18-19(17-10-8-7-9-11-17)21(24)16(3)23(4)20(18)15(2)13-14-22/h7-11,15-16,18-21,24H,5-6,12-13H2,1-4H3/t15-,16?,18?,19-,20?,21?/m0/s1. The number of likely N-dealkylation sites (tertiary alicyclic amines) is 1. The molecule has 1 N–H and O–H groups in total. The Kier molecular flexibility index (Phi) is 6.83. The summed E-state index contributed by atoms with van der Waals surface area (Å²) in [6.45, 7) is 6.52. The van der Waals surface area contributed by atoms with E-state index >= 15 is 0 Å². The molecule has 1 aromatic rings. The highest BCUT2D eigenvalue weighted by molar-refractivity contribution is 5.24. The number of hydrogen-bond acceptors (Lipinski definition) is 3. The summed E-state index contributed by atoms with van der Waals surface area (Å²) >= 11 is 0. The van der Waals surface area contributed by atoms with Crippen LogP contribution in [0.15, 0.2) is 30.3 Å². The van der Waals surface area contributed by atoms with Gasteiger partial charge in [0.05, 0.1) is 12.2 Å². The minimum atomic E-state index is -0.371. The molecule has 0 spiro atoms. The van der Waals surface area contributed by atoms with Gasteiger partial charge in [0.1, 0.15) is 0 Å². The van der Waals surface area contributed by atoms with E-state index in [0.717, 1.165) is 12.8 Å². The van der Waals surface area contributed by atoms with Gasteiger partial charge in [-0.2, -0.15) is 5.26 Å². The van der Waals surface area contributed by atoms with Crippen LogP contribution in [0.5, 0.6) is 0 Å². The summed E-state index contributed by atoms with van der Waals surface area (Å²) in [5, 5.41) is 20.3. The summed E-state index contributed by atoms with van der Waals surface area (Å²) in [6.07, 6.45) is 3.63. The number of aliphatic hydroxyl groups excluding tert-OH is 1. The van der Waals surface area contributed by atoms with Crippen LogP contribution in [0.2, 0.25) is 0 Å². The second kappa shape index (κ2) is 8.65. The van der Waals surface area contributed by atoms with Gasteiger partial charge in [0.25, 0.3) is 0 Å². The lowest BCUT2D eigenvalue weighted by atomic mass is 9.67. The van der Waals surface area contributed by atoms with Crippen molar-refractivity contribution in [2.24, 2.45) is 11.8 Å². The highest BCUT2D eigenvalue weighted by Gasteiger charge is 2.47. The maximum absolute atomic E-state index is 11.1. The van der Waals surface area contributed by atoms with Crippen LogP contribution >= 0.6 is 0 Å². The van der Waals surface area contributed by atoms with Gasteiger partial charge in [0.15, 0.2) is 0 Å². The minimum absolute atomic E-state index is 0.0965. The highest BCUT2D eigenvalue weighted by Crippen LogP contribution is 2.44. The zero-order valence-electron chi connectivity index (χ0n) is 15.5. The molecule has 0 amide bonds. The number of nitrogens with zero attached hydrogens (tertiary/aromatic N) is 2. The molecule has 0 aliphatic carbocycles. The molecule has 4 unspecified atom stereocenters. The van der Waals surface area contributed by atoms with Gasteiger partial charge in [-0.25, -0.2) is 0 Å². The number of rotatable bonds is 6. The summed E-state index contributed by atoms with van der Waals surface area (Å²) < 4.78 is 0. The summed E-state index contributed by atoms with van der Waals surface area (Å²) in [5.41, 5.74) is 1.24. The average molecular weight is 329 g/mol. The van der Waals surface area contributed by atoms with Crippen LogP contribution in [0.1, 0.15) is 57.9 Å². The minimum Gasteiger partial charge on any atom is -0.391 e. The zero-order chi connectivity index (χ0) is 17.7. The van der Waals surface area contributed by atoms with E-state index < -0.39 is 0 Å². The Morgan fingerprint density at radius 1 is 1.29 bits per heavy atom. The van der Waals surface area contributed by atoms with Crippen molar-refractivity contribution < 1.29 is 5.11 Å². The van der Waals surface area contributed by atoms with Crippen molar-refractivity contribution in [1.29, 1.82) is 5.26 Å². The maximum atomic E-state index is 11.1. The second-order valence-electron chi connectivity index (χ2n) is 7.47. The van der Waals surface area contributed by atoms with E-state index in [9.17, 15) is 10.4 Å². The van der Waals surface area contributed by atoms with Crippen LogP contribution in [0, 0.1) is 23.2 Å². The molecule has 1 saturated heterocycles. The van der Waals surface area contributed by atoms with Crippen LogP contribution in [0.25, 0.3) is 0 Å². The van der Waals surface area contributed by atoms with Gasteiger partial charge in [-0.05, 0) is 37.8 Å². The Balaban J connectivity index is 2.42. The predicted molar refractivity (Wildman–Crippen MR) is 98.6 cm³/mol. The first-order valence-corrected chi connectivity index (χ1v) is 9.34. The van der Waals surface area contributed by atoms with Crippen molar-refractivity contribution in [1.82, 2.24) is 4.90 Å².